The molecule has 0 saturated heterocycles. The van der Waals surface area contributed by atoms with E-state index in [0.717, 1.165) is 17.9 Å². The number of aromatic nitrogens is 1. The molecular weight excluding hydrogens is 232 g/mol. The van der Waals surface area contributed by atoms with Gasteiger partial charge in [0.15, 0.2) is 0 Å². The minimum atomic E-state index is 0.637. The number of aromatic amines is 1. The van der Waals surface area contributed by atoms with E-state index in [1.165, 1.54) is 28.6 Å². The van der Waals surface area contributed by atoms with Crippen LogP contribution in [0.1, 0.15) is 17.7 Å². The minimum Gasteiger partial charge on any atom is -0.358 e. The maximum absolute atomic E-state index is 6.33. The van der Waals surface area contributed by atoms with Crippen molar-refractivity contribution < 1.29 is 0 Å². The first kappa shape index (κ1) is 11.1. The summed E-state index contributed by atoms with van der Waals surface area (Å²) in [6.45, 7) is 0. The Labute approximate surface area is 107 Å². The third-order valence-electron chi connectivity index (χ3n) is 3.86. The summed E-state index contributed by atoms with van der Waals surface area (Å²) in [5, 5.41) is 2.11. The van der Waals surface area contributed by atoms with Crippen molar-refractivity contribution in [2.24, 2.45) is 0 Å². The first-order valence-corrected chi connectivity index (χ1v) is 6.49. The SMILES string of the molecule is CN(C)C1CCc2[nH]c3cccc(Cl)c3c2C1. The van der Waals surface area contributed by atoms with Crippen LogP contribution in [-0.2, 0) is 12.8 Å². The first-order chi connectivity index (χ1) is 8.16. The summed E-state index contributed by atoms with van der Waals surface area (Å²) in [7, 11) is 4.32. The van der Waals surface area contributed by atoms with Crippen LogP contribution in [0.4, 0.5) is 0 Å². The Bertz CT molecular complexity index is 557. The van der Waals surface area contributed by atoms with Gasteiger partial charge in [-0.25, -0.2) is 0 Å². The lowest BCUT2D eigenvalue weighted by molar-refractivity contribution is 0.268. The quantitative estimate of drug-likeness (QED) is 0.821. The molecule has 0 aliphatic heterocycles. The van der Waals surface area contributed by atoms with Gasteiger partial charge in [-0.2, -0.15) is 0 Å². The summed E-state index contributed by atoms with van der Waals surface area (Å²) in [6, 6.07) is 6.75. The topological polar surface area (TPSA) is 19.0 Å². The maximum atomic E-state index is 6.33. The largest absolute Gasteiger partial charge is 0.358 e. The van der Waals surface area contributed by atoms with Crippen LogP contribution in [0.3, 0.4) is 0 Å². The Balaban J connectivity index is 2.14. The molecule has 3 rings (SSSR count). The molecule has 0 spiro atoms. The second kappa shape index (κ2) is 4.04. The lowest BCUT2D eigenvalue weighted by Gasteiger charge is -2.28. The highest BCUT2D eigenvalue weighted by atomic mass is 35.5. The van der Waals surface area contributed by atoms with Crippen molar-refractivity contribution in [3.8, 4) is 0 Å². The zero-order chi connectivity index (χ0) is 12.0. The van der Waals surface area contributed by atoms with Gasteiger partial charge in [0, 0.05) is 22.6 Å². The Morgan fingerprint density at radius 3 is 2.94 bits per heavy atom. The normalized spacial score (nSPS) is 19.9. The van der Waals surface area contributed by atoms with E-state index < -0.39 is 0 Å². The molecule has 1 aliphatic rings. The molecule has 17 heavy (non-hydrogen) atoms. The number of hydrogen-bond acceptors (Lipinski definition) is 1. The molecule has 2 nitrogen and oxygen atoms in total. The first-order valence-electron chi connectivity index (χ1n) is 6.11. The van der Waals surface area contributed by atoms with Crippen LogP contribution >= 0.6 is 11.6 Å². The average Bonchev–Trinajstić information content (AvgIpc) is 2.67. The molecular formula is C14H17ClN2. The maximum Gasteiger partial charge on any atom is 0.0502 e. The smallest absolute Gasteiger partial charge is 0.0502 e. The average molecular weight is 249 g/mol. The standard InChI is InChI=1S/C14H17ClN2/c1-17(2)9-6-7-12-10(8-9)14-11(15)4-3-5-13(14)16-12/h3-5,9,16H,6-8H2,1-2H3. The fourth-order valence-corrected chi connectivity index (χ4v) is 3.14. The number of nitrogens with one attached hydrogen (secondary N) is 1. The third kappa shape index (κ3) is 1.76. The van der Waals surface area contributed by atoms with Crippen LogP contribution in [0.5, 0.6) is 0 Å². The summed E-state index contributed by atoms with van der Waals surface area (Å²) in [6.07, 6.45) is 3.46. The molecule has 1 aliphatic carbocycles. The molecule has 1 aromatic heterocycles. The van der Waals surface area contributed by atoms with E-state index in [2.05, 4.69) is 30.0 Å². The van der Waals surface area contributed by atoms with Gasteiger partial charge in [0.05, 0.1) is 5.02 Å². The van der Waals surface area contributed by atoms with Gasteiger partial charge in [0.25, 0.3) is 0 Å². The van der Waals surface area contributed by atoms with E-state index in [0.29, 0.717) is 6.04 Å². The molecule has 1 atom stereocenters. The lowest BCUT2D eigenvalue weighted by Crippen LogP contribution is -2.33. The lowest BCUT2D eigenvalue weighted by atomic mass is 9.91. The van der Waals surface area contributed by atoms with Crippen LogP contribution in [0, 0.1) is 0 Å². The summed E-state index contributed by atoms with van der Waals surface area (Å²) in [5.74, 6) is 0. The van der Waals surface area contributed by atoms with E-state index in [1.54, 1.807) is 0 Å². The van der Waals surface area contributed by atoms with Gasteiger partial charge in [-0.1, -0.05) is 17.7 Å². The molecule has 1 aromatic carbocycles. The van der Waals surface area contributed by atoms with Gasteiger partial charge in [0.2, 0.25) is 0 Å². The highest BCUT2D eigenvalue weighted by Crippen LogP contribution is 2.34. The van der Waals surface area contributed by atoms with Crippen LogP contribution < -0.4 is 0 Å². The predicted molar refractivity (Wildman–Crippen MR) is 72.8 cm³/mol. The van der Waals surface area contributed by atoms with Gasteiger partial charge in [-0.15, -0.1) is 0 Å². The summed E-state index contributed by atoms with van der Waals surface area (Å²) >= 11 is 6.33. The molecule has 1 unspecified atom stereocenters. The molecule has 0 amide bonds. The number of rotatable bonds is 1. The Kier molecular flexibility index (Phi) is 2.64. The fraction of sp³-hybridized carbons (Fsp3) is 0.429. The van der Waals surface area contributed by atoms with E-state index in [9.17, 15) is 0 Å². The van der Waals surface area contributed by atoms with Crippen molar-refractivity contribution in [1.82, 2.24) is 9.88 Å². The highest BCUT2D eigenvalue weighted by Gasteiger charge is 2.24. The fourth-order valence-electron chi connectivity index (χ4n) is 2.85. The zero-order valence-corrected chi connectivity index (χ0v) is 11.0. The summed E-state index contributed by atoms with van der Waals surface area (Å²) < 4.78 is 0. The van der Waals surface area contributed by atoms with E-state index in [1.807, 2.05) is 12.1 Å². The van der Waals surface area contributed by atoms with Crippen molar-refractivity contribution in [1.29, 1.82) is 0 Å². The molecule has 2 aromatic rings. The van der Waals surface area contributed by atoms with Gasteiger partial charge < -0.3 is 9.88 Å². The molecule has 0 radical (unpaired) electrons. The van der Waals surface area contributed by atoms with E-state index >= 15 is 0 Å². The van der Waals surface area contributed by atoms with Crippen LogP contribution in [0.15, 0.2) is 18.2 Å². The summed E-state index contributed by atoms with van der Waals surface area (Å²) in [5.41, 5.74) is 3.99. The molecule has 0 bridgehead atoms. The van der Waals surface area contributed by atoms with Gasteiger partial charge >= 0.3 is 0 Å². The van der Waals surface area contributed by atoms with Gasteiger partial charge in [-0.3, -0.25) is 0 Å². The van der Waals surface area contributed by atoms with Gasteiger partial charge in [-0.05, 0) is 51.1 Å². The Morgan fingerprint density at radius 1 is 1.35 bits per heavy atom. The van der Waals surface area contributed by atoms with Crippen LogP contribution in [0.2, 0.25) is 5.02 Å². The van der Waals surface area contributed by atoms with Crippen molar-refractivity contribution >= 4 is 22.5 Å². The van der Waals surface area contributed by atoms with Crippen molar-refractivity contribution in [3.05, 3.63) is 34.5 Å². The van der Waals surface area contributed by atoms with Crippen LogP contribution in [-0.4, -0.2) is 30.0 Å². The van der Waals surface area contributed by atoms with Crippen molar-refractivity contribution in [3.63, 3.8) is 0 Å². The van der Waals surface area contributed by atoms with Crippen LogP contribution in [0.25, 0.3) is 10.9 Å². The second-order valence-corrected chi connectivity index (χ2v) is 5.51. The number of benzene rings is 1. The number of fused-ring (bicyclic) bond motifs is 3. The molecule has 3 heteroatoms. The number of likely N-dealkylation sites (N-methyl/N-ethyl adjacent to an activating group) is 1. The molecule has 1 N–H and O–H groups in total. The number of nitrogens with zero attached hydrogens (tertiary/aromatic N) is 1. The van der Waals surface area contributed by atoms with Gasteiger partial charge in [0.1, 0.15) is 0 Å². The number of hydrogen-bond donors (Lipinski definition) is 1. The van der Waals surface area contributed by atoms with Crippen molar-refractivity contribution in [2.75, 3.05) is 14.1 Å². The monoisotopic (exact) mass is 248 g/mol. The zero-order valence-electron chi connectivity index (χ0n) is 10.3. The number of aryl methyl sites for hydroxylation is 1. The van der Waals surface area contributed by atoms with Crippen molar-refractivity contribution in [2.45, 2.75) is 25.3 Å². The summed E-state index contributed by atoms with van der Waals surface area (Å²) in [4.78, 5) is 5.83. The van der Waals surface area contributed by atoms with E-state index in [-0.39, 0.29) is 0 Å². The Hall–Kier alpha value is -0.990. The number of H-pyrrole nitrogens is 1. The molecule has 0 saturated carbocycles. The molecule has 90 valence electrons. The number of halogens is 1. The highest BCUT2D eigenvalue weighted by molar-refractivity contribution is 6.35. The minimum absolute atomic E-state index is 0.637. The Morgan fingerprint density at radius 2 is 2.18 bits per heavy atom. The van der Waals surface area contributed by atoms with E-state index in [4.69, 9.17) is 11.6 Å². The molecule has 0 fully saturated rings. The third-order valence-corrected chi connectivity index (χ3v) is 4.18. The predicted octanol–water partition coefficient (Wildman–Crippen LogP) is 3.24. The molecule has 1 heterocycles. The second-order valence-electron chi connectivity index (χ2n) is 5.10.